The lowest BCUT2D eigenvalue weighted by Gasteiger charge is -2.03. The van der Waals surface area contributed by atoms with Crippen molar-refractivity contribution in [2.24, 2.45) is 0 Å². The molecule has 2 rings (SSSR count). The molecule has 0 fully saturated rings. The van der Waals surface area contributed by atoms with Gasteiger partial charge in [0, 0.05) is 6.07 Å². The average Bonchev–Trinajstić information content (AvgIpc) is 2.75. The molecule has 0 saturated carbocycles. The van der Waals surface area contributed by atoms with Gasteiger partial charge in [0.05, 0.1) is 11.5 Å². The Morgan fingerprint density at radius 2 is 2.16 bits per heavy atom. The molecule has 0 radical (unpaired) electrons. The monoisotopic (exact) mass is 262 g/mol. The molecule has 1 aromatic carbocycles. The van der Waals surface area contributed by atoms with Crippen LogP contribution in [0.1, 0.15) is 11.4 Å². The van der Waals surface area contributed by atoms with Gasteiger partial charge in [0.25, 0.3) is 11.6 Å². The molecule has 0 bridgehead atoms. The Hall–Kier alpha value is -2.28. The molecule has 0 aliphatic heterocycles. The van der Waals surface area contributed by atoms with Gasteiger partial charge in [0.15, 0.2) is 5.82 Å². The Kier molecular flexibility index (Phi) is 3.57. The largest absolute Gasteiger partial charge is 0.334 e. The van der Waals surface area contributed by atoms with Crippen LogP contribution in [0.15, 0.2) is 22.7 Å². The fraction of sp³-hybridized carbons (Fsp3) is 0.333. The molecule has 100 valence electrons. The number of benzene rings is 1. The highest BCUT2D eigenvalue weighted by molar-refractivity contribution is 5.67. The number of hydrogen-bond donors (Lipinski definition) is 0. The van der Waals surface area contributed by atoms with E-state index in [1.807, 2.05) is 25.9 Å². The lowest BCUT2D eigenvalue weighted by Crippen LogP contribution is -2.11. The van der Waals surface area contributed by atoms with Gasteiger partial charge in [-0.2, -0.15) is 4.98 Å². The quantitative estimate of drug-likeness (QED) is 0.619. The van der Waals surface area contributed by atoms with Crippen LogP contribution in [0.5, 0.6) is 0 Å². The normalized spacial score (nSPS) is 10.9. The summed E-state index contributed by atoms with van der Waals surface area (Å²) in [6.07, 6.45) is 0. The van der Waals surface area contributed by atoms with Gasteiger partial charge in [-0.1, -0.05) is 11.2 Å². The molecule has 0 amide bonds. The van der Waals surface area contributed by atoms with Crippen molar-refractivity contribution in [1.29, 1.82) is 0 Å². The van der Waals surface area contributed by atoms with E-state index in [1.165, 1.54) is 6.07 Å². The van der Waals surface area contributed by atoms with E-state index < -0.39 is 4.92 Å². The fourth-order valence-corrected chi connectivity index (χ4v) is 1.69. The van der Waals surface area contributed by atoms with Crippen LogP contribution in [-0.4, -0.2) is 34.1 Å². The molecule has 1 aromatic heterocycles. The molecule has 2 aromatic rings. The number of hydrogen-bond acceptors (Lipinski definition) is 6. The Morgan fingerprint density at radius 3 is 2.79 bits per heavy atom. The maximum absolute atomic E-state index is 11.0. The molecule has 0 spiro atoms. The van der Waals surface area contributed by atoms with Gasteiger partial charge in [-0.05, 0) is 32.6 Å². The van der Waals surface area contributed by atoms with Gasteiger partial charge in [-0.25, -0.2) is 0 Å². The molecule has 0 saturated heterocycles. The Bertz CT molecular complexity index is 607. The van der Waals surface area contributed by atoms with Crippen molar-refractivity contribution in [2.75, 3.05) is 14.1 Å². The maximum atomic E-state index is 11.0. The molecule has 7 heteroatoms. The summed E-state index contributed by atoms with van der Waals surface area (Å²) in [4.78, 5) is 16.6. The number of nitro benzene ring substituents is 1. The number of aryl methyl sites for hydroxylation is 1. The number of nitrogens with zero attached hydrogens (tertiary/aromatic N) is 4. The third kappa shape index (κ3) is 2.94. The number of nitro groups is 1. The standard InChI is InChI=1S/C12H14N4O3/c1-8-4-5-10(16(17)18)9(6-8)12-13-11(14-19-12)7-15(2)3/h4-6H,7H2,1-3H3. The molecule has 0 aliphatic rings. The third-order valence-electron chi connectivity index (χ3n) is 2.50. The predicted molar refractivity (Wildman–Crippen MR) is 68.5 cm³/mol. The van der Waals surface area contributed by atoms with E-state index in [2.05, 4.69) is 10.1 Å². The minimum Gasteiger partial charge on any atom is -0.334 e. The lowest BCUT2D eigenvalue weighted by molar-refractivity contribution is -0.384. The second-order valence-electron chi connectivity index (χ2n) is 4.53. The van der Waals surface area contributed by atoms with Gasteiger partial charge in [-0.3, -0.25) is 10.1 Å². The van der Waals surface area contributed by atoms with Crippen LogP contribution < -0.4 is 0 Å². The molecular formula is C12H14N4O3. The molecule has 7 nitrogen and oxygen atoms in total. The Labute approximate surface area is 110 Å². The van der Waals surface area contributed by atoms with E-state index in [4.69, 9.17) is 4.52 Å². The van der Waals surface area contributed by atoms with E-state index in [0.717, 1.165) is 5.56 Å². The number of aromatic nitrogens is 2. The van der Waals surface area contributed by atoms with Crippen molar-refractivity contribution >= 4 is 5.69 Å². The van der Waals surface area contributed by atoms with E-state index in [1.54, 1.807) is 12.1 Å². The van der Waals surface area contributed by atoms with Crippen LogP contribution in [-0.2, 0) is 6.54 Å². The minimum atomic E-state index is -0.454. The first-order chi connectivity index (χ1) is 8.97. The van der Waals surface area contributed by atoms with Gasteiger partial charge < -0.3 is 9.42 Å². The van der Waals surface area contributed by atoms with Crippen LogP contribution in [0.2, 0.25) is 0 Å². The Morgan fingerprint density at radius 1 is 1.42 bits per heavy atom. The van der Waals surface area contributed by atoms with Gasteiger partial charge >= 0.3 is 0 Å². The molecule has 19 heavy (non-hydrogen) atoms. The van der Waals surface area contributed by atoms with E-state index >= 15 is 0 Å². The van der Waals surface area contributed by atoms with Crippen LogP contribution >= 0.6 is 0 Å². The topological polar surface area (TPSA) is 85.3 Å². The predicted octanol–water partition coefficient (Wildman–Crippen LogP) is 2.01. The zero-order chi connectivity index (χ0) is 14.0. The van der Waals surface area contributed by atoms with Crippen molar-refractivity contribution in [3.8, 4) is 11.5 Å². The smallest absolute Gasteiger partial charge is 0.282 e. The minimum absolute atomic E-state index is 0.0364. The van der Waals surface area contributed by atoms with Gasteiger partial charge in [-0.15, -0.1) is 0 Å². The van der Waals surface area contributed by atoms with Crippen LogP contribution in [0.4, 0.5) is 5.69 Å². The maximum Gasteiger partial charge on any atom is 0.282 e. The summed E-state index contributed by atoms with van der Waals surface area (Å²) >= 11 is 0. The highest BCUT2D eigenvalue weighted by Crippen LogP contribution is 2.29. The first kappa shape index (κ1) is 13.2. The first-order valence-electron chi connectivity index (χ1n) is 5.70. The lowest BCUT2D eigenvalue weighted by atomic mass is 10.1. The van der Waals surface area contributed by atoms with Crippen LogP contribution in [0.25, 0.3) is 11.5 Å². The van der Waals surface area contributed by atoms with Gasteiger partial charge in [0.1, 0.15) is 5.56 Å². The molecule has 1 heterocycles. The second-order valence-corrected chi connectivity index (χ2v) is 4.53. The van der Waals surface area contributed by atoms with Crippen molar-refractivity contribution in [2.45, 2.75) is 13.5 Å². The SMILES string of the molecule is Cc1ccc([N+](=O)[O-])c(-c2nc(CN(C)C)no2)c1. The first-order valence-corrected chi connectivity index (χ1v) is 5.70. The Balaban J connectivity index is 2.43. The van der Waals surface area contributed by atoms with Crippen molar-refractivity contribution in [1.82, 2.24) is 15.0 Å². The second kappa shape index (κ2) is 5.15. The molecule has 0 N–H and O–H groups in total. The summed E-state index contributed by atoms with van der Waals surface area (Å²) in [6, 6.07) is 4.80. The zero-order valence-corrected chi connectivity index (χ0v) is 11.0. The zero-order valence-electron chi connectivity index (χ0n) is 11.0. The van der Waals surface area contributed by atoms with Crippen molar-refractivity contribution in [3.63, 3.8) is 0 Å². The summed E-state index contributed by atoms with van der Waals surface area (Å²) < 4.78 is 5.11. The summed E-state index contributed by atoms with van der Waals surface area (Å²) in [5.41, 5.74) is 1.21. The van der Waals surface area contributed by atoms with Gasteiger partial charge in [0.2, 0.25) is 0 Å². The average molecular weight is 262 g/mol. The highest BCUT2D eigenvalue weighted by atomic mass is 16.6. The molecule has 0 unspecified atom stereocenters. The van der Waals surface area contributed by atoms with Crippen molar-refractivity contribution in [3.05, 3.63) is 39.7 Å². The fourth-order valence-electron chi connectivity index (χ4n) is 1.69. The van der Waals surface area contributed by atoms with Crippen LogP contribution in [0, 0.1) is 17.0 Å². The van der Waals surface area contributed by atoms with E-state index in [0.29, 0.717) is 17.9 Å². The molecular weight excluding hydrogens is 248 g/mol. The summed E-state index contributed by atoms with van der Waals surface area (Å²) in [6.45, 7) is 2.37. The highest BCUT2D eigenvalue weighted by Gasteiger charge is 2.20. The van der Waals surface area contributed by atoms with Crippen LogP contribution in [0.3, 0.4) is 0 Å². The summed E-state index contributed by atoms with van der Waals surface area (Å²) in [5.74, 6) is 0.669. The third-order valence-corrected chi connectivity index (χ3v) is 2.50. The van der Waals surface area contributed by atoms with Crippen molar-refractivity contribution < 1.29 is 9.45 Å². The van der Waals surface area contributed by atoms with E-state index in [9.17, 15) is 10.1 Å². The summed E-state index contributed by atoms with van der Waals surface area (Å²) in [7, 11) is 3.76. The van der Waals surface area contributed by atoms with E-state index in [-0.39, 0.29) is 11.6 Å². The molecule has 0 atom stereocenters. The summed E-state index contributed by atoms with van der Waals surface area (Å²) in [5, 5.41) is 14.8. The molecule has 0 aliphatic carbocycles. The number of rotatable bonds is 4.